The van der Waals surface area contributed by atoms with Gasteiger partial charge in [-0.05, 0) is 127 Å². The molecule has 1 N–H and O–H groups in total. The Bertz CT molecular complexity index is 1120. The average molecular weight is 671 g/mol. The van der Waals surface area contributed by atoms with E-state index in [2.05, 4.69) is 46.9 Å². The van der Waals surface area contributed by atoms with Crippen molar-refractivity contribution in [2.45, 2.75) is 155 Å². The van der Waals surface area contributed by atoms with Crippen molar-refractivity contribution in [3.05, 3.63) is 0 Å². The van der Waals surface area contributed by atoms with Crippen LogP contribution in [0.1, 0.15) is 114 Å². The van der Waals surface area contributed by atoms with Crippen LogP contribution in [0.5, 0.6) is 0 Å². The fourth-order valence-electron chi connectivity index (χ4n) is 10.7. The van der Waals surface area contributed by atoms with Crippen molar-refractivity contribution in [2.75, 3.05) is 13.1 Å². The van der Waals surface area contributed by atoms with E-state index in [1.165, 1.54) is 32.1 Å². The maximum atomic E-state index is 12.6. The van der Waals surface area contributed by atoms with E-state index in [-0.39, 0.29) is 68.4 Å². The van der Waals surface area contributed by atoms with Crippen LogP contribution in [0.25, 0.3) is 0 Å². The van der Waals surface area contributed by atoms with E-state index in [1.54, 1.807) is 0 Å². The number of carbonyl (C=O) groups is 1. The third kappa shape index (κ3) is 5.70. The molecule has 4 heterocycles. The maximum absolute atomic E-state index is 12.6. The summed E-state index contributed by atoms with van der Waals surface area (Å²) in [6.45, 7) is 21.7. The van der Waals surface area contributed by atoms with Gasteiger partial charge in [-0.1, -0.05) is 27.7 Å². The number of carbonyl (C=O) groups excluding carboxylic acids is 1. The molecule has 12 heteroatoms. The van der Waals surface area contributed by atoms with Crippen LogP contribution >= 0.6 is 24.8 Å². The first-order valence-electron chi connectivity index (χ1n) is 17.4. The quantitative estimate of drug-likeness (QED) is 0.336. The highest BCUT2D eigenvalue weighted by molar-refractivity contribution is 6.48. The van der Waals surface area contributed by atoms with Crippen LogP contribution in [0, 0.1) is 34.5 Å². The smallest absolute Gasteiger partial charge is 0.444 e. The number of amides is 1. The molecule has 4 aliphatic heterocycles. The standard InChI is InChI=1S/C19H32BNO4.C14H24BNO2.2ClH/c1-17(2,3)23-16(22)21-9-7-8-15(21)20-24-14-11-12-10-13(18(12,4)5)19(14,6)25-20;1-13(2)9-7-10(13)14(3)11(8-9)17-15(18-14)12-5-4-6-16-12;;/h12-15H,7-11H2,1-6H3;9-12,16H,4-8H2,1-3H3;2*1H/t12-,13-,14?,15-,19-;9-,10-,11?,12-,14-;;/m00../s1. The highest BCUT2D eigenvalue weighted by Gasteiger charge is 2.70. The summed E-state index contributed by atoms with van der Waals surface area (Å²) >= 11 is 0. The molecule has 45 heavy (non-hydrogen) atoms. The van der Waals surface area contributed by atoms with Gasteiger partial charge in [0.05, 0.1) is 29.4 Å². The lowest BCUT2D eigenvalue weighted by atomic mass is 9.43. The van der Waals surface area contributed by atoms with Gasteiger partial charge in [0.15, 0.2) is 0 Å². The van der Waals surface area contributed by atoms with Crippen LogP contribution in [0.15, 0.2) is 0 Å². The Hall–Kier alpha value is -0.220. The van der Waals surface area contributed by atoms with Gasteiger partial charge < -0.3 is 33.6 Å². The summed E-state index contributed by atoms with van der Waals surface area (Å²) in [7, 11) is -0.321. The molecule has 10 fully saturated rings. The summed E-state index contributed by atoms with van der Waals surface area (Å²) in [5.74, 6) is 3.21. The third-order valence-corrected chi connectivity index (χ3v) is 13.6. The normalized spacial score (nSPS) is 44.7. The van der Waals surface area contributed by atoms with Crippen molar-refractivity contribution >= 4 is 45.1 Å². The Morgan fingerprint density at radius 2 is 1.33 bits per heavy atom. The predicted molar refractivity (Wildman–Crippen MR) is 182 cm³/mol. The van der Waals surface area contributed by atoms with E-state index in [1.807, 2.05) is 25.7 Å². The molecular weight excluding hydrogens is 613 g/mol. The van der Waals surface area contributed by atoms with Crippen molar-refractivity contribution in [3.8, 4) is 0 Å². The number of hydrogen-bond acceptors (Lipinski definition) is 7. The van der Waals surface area contributed by atoms with Gasteiger partial charge in [-0.15, -0.1) is 24.8 Å². The minimum absolute atomic E-state index is 0. The van der Waals surface area contributed by atoms with Crippen molar-refractivity contribution < 1.29 is 28.1 Å². The average Bonchev–Trinajstić information content (AvgIpc) is 3.70. The van der Waals surface area contributed by atoms with Gasteiger partial charge in [-0.2, -0.15) is 0 Å². The number of halogens is 2. The van der Waals surface area contributed by atoms with Gasteiger partial charge in [0.25, 0.3) is 0 Å². The fraction of sp³-hybridized carbons (Fsp3) is 0.970. The fourth-order valence-corrected chi connectivity index (χ4v) is 10.7. The van der Waals surface area contributed by atoms with Crippen molar-refractivity contribution in [2.24, 2.45) is 34.5 Å². The molecule has 4 saturated heterocycles. The molecule has 0 spiro atoms. The molecular formula is C33H58B2Cl2N2O6. The number of nitrogens with zero attached hydrogens (tertiary/aromatic N) is 1. The van der Waals surface area contributed by atoms with E-state index >= 15 is 0 Å². The highest BCUT2D eigenvalue weighted by Crippen LogP contribution is 2.67. The van der Waals surface area contributed by atoms with E-state index in [4.69, 9.17) is 23.4 Å². The minimum Gasteiger partial charge on any atom is -0.444 e. The van der Waals surface area contributed by atoms with E-state index in [0.29, 0.717) is 34.7 Å². The molecule has 0 radical (unpaired) electrons. The second-order valence-corrected chi connectivity index (χ2v) is 17.8. The molecule has 0 aromatic rings. The summed E-state index contributed by atoms with van der Waals surface area (Å²) in [5.41, 5.74) is 0.0573. The topological polar surface area (TPSA) is 78.5 Å². The van der Waals surface area contributed by atoms with Crippen molar-refractivity contribution in [3.63, 3.8) is 0 Å². The Balaban J connectivity index is 0.000000178. The van der Waals surface area contributed by atoms with Gasteiger partial charge in [-0.25, -0.2) is 4.79 Å². The maximum Gasteiger partial charge on any atom is 0.482 e. The summed E-state index contributed by atoms with van der Waals surface area (Å²) in [4.78, 5) is 14.4. The van der Waals surface area contributed by atoms with Crippen LogP contribution in [0.4, 0.5) is 4.79 Å². The lowest BCUT2D eigenvalue weighted by molar-refractivity contribution is -0.199. The van der Waals surface area contributed by atoms with Gasteiger partial charge in [-0.3, -0.25) is 0 Å². The Morgan fingerprint density at radius 3 is 1.82 bits per heavy atom. The first kappa shape index (κ1) is 36.1. The van der Waals surface area contributed by atoms with Crippen molar-refractivity contribution in [1.82, 2.24) is 10.2 Å². The molecule has 10 atom stereocenters. The lowest BCUT2D eigenvalue weighted by Gasteiger charge is -2.64. The van der Waals surface area contributed by atoms with Crippen LogP contribution in [0.2, 0.25) is 0 Å². The molecule has 8 nitrogen and oxygen atoms in total. The number of rotatable bonds is 2. The molecule has 6 saturated carbocycles. The number of hydrogen-bond donors (Lipinski definition) is 1. The number of ether oxygens (including phenoxy) is 1. The van der Waals surface area contributed by atoms with Crippen LogP contribution < -0.4 is 5.32 Å². The van der Waals surface area contributed by atoms with Gasteiger partial charge in [0.2, 0.25) is 0 Å². The molecule has 2 unspecified atom stereocenters. The zero-order valence-electron chi connectivity index (χ0n) is 29.1. The van der Waals surface area contributed by atoms with Crippen molar-refractivity contribution in [1.29, 1.82) is 0 Å². The molecule has 6 aliphatic carbocycles. The highest BCUT2D eigenvalue weighted by atomic mass is 35.5. The second kappa shape index (κ2) is 12.0. The van der Waals surface area contributed by atoms with E-state index in [9.17, 15) is 4.79 Å². The first-order valence-corrected chi connectivity index (χ1v) is 17.4. The molecule has 10 rings (SSSR count). The second-order valence-electron chi connectivity index (χ2n) is 17.8. The Morgan fingerprint density at radius 1 is 0.800 bits per heavy atom. The largest absolute Gasteiger partial charge is 0.482 e. The summed E-state index contributed by atoms with van der Waals surface area (Å²) in [6, 6.07) is 0. The third-order valence-electron chi connectivity index (χ3n) is 13.6. The summed E-state index contributed by atoms with van der Waals surface area (Å²) in [6.07, 6.45) is 9.47. The molecule has 4 bridgehead atoms. The van der Waals surface area contributed by atoms with Crippen LogP contribution in [0.3, 0.4) is 0 Å². The zero-order valence-corrected chi connectivity index (χ0v) is 30.7. The molecule has 0 aromatic carbocycles. The molecule has 0 aromatic heterocycles. The number of nitrogens with one attached hydrogen (secondary N) is 1. The van der Waals surface area contributed by atoms with Gasteiger partial charge in [0, 0.05) is 12.5 Å². The first-order chi connectivity index (χ1) is 20.0. The zero-order chi connectivity index (χ0) is 30.7. The summed E-state index contributed by atoms with van der Waals surface area (Å²) in [5, 5.41) is 3.52. The predicted octanol–water partition coefficient (Wildman–Crippen LogP) is 6.50. The van der Waals surface area contributed by atoms with E-state index in [0.717, 1.165) is 44.2 Å². The molecule has 1 amide bonds. The van der Waals surface area contributed by atoms with Gasteiger partial charge >= 0.3 is 20.3 Å². The molecule has 10 aliphatic rings. The van der Waals surface area contributed by atoms with Gasteiger partial charge in [0.1, 0.15) is 5.60 Å². The SMILES string of the molecule is CC(C)(C)OC(=O)N1CCC[C@H]1B1OC2C[C@@H]3C[C@@H](C3(C)C)[C@]2(C)O1.CC1(C)[C@@H]2CC3OB([C@@H]4CCCN4)O[C@@]3(C)[C@H]1C2.Cl.Cl. The monoisotopic (exact) mass is 670 g/mol. The van der Waals surface area contributed by atoms with E-state index < -0.39 is 5.60 Å². The van der Waals surface area contributed by atoms with Crippen LogP contribution in [-0.4, -0.2) is 79.2 Å². The summed E-state index contributed by atoms with van der Waals surface area (Å²) < 4.78 is 31.2. The Labute approximate surface area is 285 Å². The number of likely N-dealkylation sites (tertiary alicyclic amines) is 1. The lowest BCUT2D eigenvalue weighted by Crippen LogP contribution is -2.65. The minimum atomic E-state index is -0.479. The molecule has 256 valence electrons. The Kier molecular flexibility index (Phi) is 9.60. The van der Waals surface area contributed by atoms with Crippen LogP contribution in [-0.2, 0) is 23.4 Å².